The van der Waals surface area contributed by atoms with Crippen LogP contribution >= 0.6 is 11.5 Å². The van der Waals surface area contributed by atoms with Crippen molar-refractivity contribution in [2.45, 2.75) is 27.0 Å². The molecule has 0 unspecified atom stereocenters. The number of aryl methyl sites for hydroxylation is 1. The fourth-order valence-electron chi connectivity index (χ4n) is 2.43. The van der Waals surface area contributed by atoms with Crippen LogP contribution in [0.3, 0.4) is 0 Å². The number of methoxy groups -OCH3 is 1. The lowest BCUT2D eigenvalue weighted by atomic mass is 10.1. The second kappa shape index (κ2) is 7.08. The highest BCUT2D eigenvalue weighted by Gasteiger charge is 2.37. The summed E-state index contributed by atoms with van der Waals surface area (Å²) in [5, 5.41) is 9.36. The minimum absolute atomic E-state index is 0.175. The Morgan fingerprint density at radius 2 is 2.08 bits per heavy atom. The van der Waals surface area contributed by atoms with Gasteiger partial charge in [0.15, 0.2) is 11.5 Å². The van der Waals surface area contributed by atoms with Crippen LogP contribution in [0.1, 0.15) is 36.2 Å². The highest BCUT2D eigenvalue weighted by atomic mass is 32.1. The number of ether oxygens (including phenoxy) is 3. The van der Waals surface area contributed by atoms with Gasteiger partial charge in [-0.05, 0) is 30.6 Å². The zero-order valence-electron chi connectivity index (χ0n) is 14.5. The summed E-state index contributed by atoms with van der Waals surface area (Å²) in [7, 11) is 1.46. The number of hydrogen-bond acceptors (Lipinski definition) is 9. The number of benzene rings is 1. The molecule has 10 heteroatoms. The SMILES string of the molecule is COc1cccc([C@@H]2OC(c3snnc3C)=NN2C(C)=O)c1OC(C)=O. The third-order valence-electron chi connectivity index (χ3n) is 3.55. The number of nitrogens with zero attached hydrogens (tertiary/aromatic N) is 4. The van der Waals surface area contributed by atoms with Crippen LogP contribution in [0.25, 0.3) is 0 Å². The maximum Gasteiger partial charge on any atom is 0.308 e. The summed E-state index contributed by atoms with van der Waals surface area (Å²) in [6, 6.07) is 5.03. The Hall–Kier alpha value is -3.01. The van der Waals surface area contributed by atoms with Crippen molar-refractivity contribution >= 4 is 29.3 Å². The van der Waals surface area contributed by atoms with Crippen LogP contribution in [-0.2, 0) is 14.3 Å². The number of esters is 1. The number of carbonyl (C=O) groups excluding carboxylic acids is 2. The van der Waals surface area contributed by atoms with Gasteiger partial charge < -0.3 is 14.2 Å². The molecule has 2 aromatic rings. The Kier molecular flexibility index (Phi) is 4.85. The monoisotopic (exact) mass is 376 g/mol. The number of aromatic nitrogens is 2. The first-order valence-electron chi connectivity index (χ1n) is 7.62. The van der Waals surface area contributed by atoms with Gasteiger partial charge in [0.1, 0.15) is 4.88 Å². The predicted octanol–water partition coefficient (Wildman–Crippen LogP) is 2.02. The lowest BCUT2D eigenvalue weighted by molar-refractivity contribution is -0.135. The first kappa shape index (κ1) is 17.8. The van der Waals surface area contributed by atoms with E-state index in [1.807, 2.05) is 0 Å². The molecule has 0 saturated carbocycles. The van der Waals surface area contributed by atoms with Gasteiger partial charge in [-0.15, -0.1) is 10.2 Å². The van der Waals surface area contributed by atoms with Crippen LogP contribution in [0, 0.1) is 6.92 Å². The highest BCUT2D eigenvalue weighted by Crippen LogP contribution is 2.41. The zero-order chi connectivity index (χ0) is 18.8. The van der Waals surface area contributed by atoms with Crippen molar-refractivity contribution in [2.24, 2.45) is 5.10 Å². The van der Waals surface area contributed by atoms with Crippen LogP contribution in [0.5, 0.6) is 11.5 Å². The van der Waals surface area contributed by atoms with E-state index in [0.29, 0.717) is 21.9 Å². The minimum atomic E-state index is -0.909. The van der Waals surface area contributed by atoms with E-state index in [0.717, 1.165) is 11.5 Å². The predicted molar refractivity (Wildman–Crippen MR) is 91.8 cm³/mol. The molecule has 3 rings (SSSR count). The molecular formula is C16H16N4O5S. The summed E-state index contributed by atoms with van der Waals surface area (Å²) in [4.78, 5) is 24.2. The minimum Gasteiger partial charge on any atom is -0.493 e. The number of rotatable bonds is 4. The average Bonchev–Trinajstić information content (AvgIpc) is 3.20. The molecule has 0 aliphatic carbocycles. The third kappa shape index (κ3) is 3.23. The van der Waals surface area contributed by atoms with Gasteiger partial charge in [0.05, 0.1) is 18.4 Å². The second-order valence-electron chi connectivity index (χ2n) is 5.40. The number of carbonyl (C=O) groups is 2. The van der Waals surface area contributed by atoms with Crippen LogP contribution in [0.15, 0.2) is 23.3 Å². The van der Waals surface area contributed by atoms with Gasteiger partial charge in [-0.2, -0.15) is 5.01 Å². The molecule has 0 N–H and O–H groups in total. The summed E-state index contributed by atoms with van der Waals surface area (Å²) in [6.07, 6.45) is -0.909. The average molecular weight is 376 g/mol. The Bertz CT molecular complexity index is 895. The molecule has 1 aromatic heterocycles. The molecule has 26 heavy (non-hydrogen) atoms. The zero-order valence-corrected chi connectivity index (χ0v) is 15.4. The van der Waals surface area contributed by atoms with E-state index >= 15 is 0 Å². The fourth-order valence-corrected chi connectivity index (χ4v) is 3.01. The van der Waals surface area contributed by atoms with Gasteiger partial charge in [0.25, 0.3) is 5.90 Å². The van der Waals surface area contributed by atoms with Crippen molar-refractivity contribution in [1.82, 2.24) is 14.6 Å². The second-order valence-corrected chi connectivity index (χ2v) is 6.15. The molecule has 2 heterocycles. The van der Waals surface area contributed by atoms with E-state index in [2.05, 4.69) is 14.7 Å². The van der Waals surface area contributed by atoms with Gasteiger partial charge in [0, 0.05) is 13.8 Å². The van der Waals surface area contributed by atoms with E-state index in [9.17, 15) is 9.59 Å². The maximum atomic E-state index is 12.1. The molecule has 9 nitrogen and oxygen atoms in total. The number of para-hydroxylation sites is 1. The van der Waals surface area contributed by atoms with Crippen LogP contribution < -0.4 is 9.47 Å². The quantitative estimate of drug-likeness (QED) is 0.594. The van der Waals surface area contributed by atoms with Gasteiger partial charge in [-0.1, -0.05) is 10.6 Å². The standard InChI is InChI=1S/C16H16N4O5S/c1-8-14(26-19-17-8)15-18-20(9(2)21)16(25-15)11-6-5-7-12(23-4)13(11)24-10(3)22/h5-7,16H,1-4H3/t16-/m0/s1. The summed E-state index contributed by atoms with van der Waals surface area (Å²) >= 11 is 1.12. The Morgan fingerprint density at radius 3 is 2.65 bits per heavy atom. The summed E-state index contributed by atoms with van der Waals surface area (Å²) in [6.45, 7) is 4.42. The van der Waals surface area contributed by atoms with Crippen molar-refractivity contribution in [1.29, 1.82) is 0 Å². The summed E-state index contributed by atoms with van der Waals surface area (Å²) in [5.74, 6) is -0.110. The molecule has 0 saturated heterocycles. The van der Waals surface area contributed by atoms with Gasteiger partial charge >= 0.3 is 5.97 Å². The molecule has 0 fully saturated rings. The van der Waals surface area contributed by atoms with E-state index in [-0.39, 0.29) is 17.6 Å². The van der Waals surface area contributed by atoms with Crippen LogP contribution in [0.2, 0.25) is 0 Å². The molecular weight excluding hydrogens is 360 g/mol. The lowest BCUT2D eigenvalue weighted by Crippen LogP contribution is -2.26. The van der Waals surface area contributed by atoms with Crippen molar-refractivity contribution in [3.8, 4) is 11.5 Å². The smallest absolute Gasteiger partial charge is 0.308 e. The molecule has 1 aliphatic heterocycles. The molecule has 136 valence electrons. The molecule has 0 spiro atoms. The number of amides is 1. The first-order valence-corrected chi connectivity index (χ1v) is 8.39. The summed E-state index contributed by atoms with van der Waals surface area (Å²) in [5.41, 5.74) is 1.08. The topological polar surface area (TPSA) is 103 Å². The van der Waals surface area contributed by atoms with Crippen molar-refractivity contribution in [3.05, 3.63) is 34.3 Å². The maximum absolute atomic E-state index is 12.1. The summed E-state index contributed by atoms with van der Waals surface area (Å²) < 4.78 is 20.3. The highest BCUT2D eigenvalue weighted by molar-refractivity contribution is 7.08. The van der Waals surface area contributed by atoms with Crippen molar-refractivity contribution < 1.29 is 23.8 Å². The molecule has 1 atom stereocenters. The van der Waals surface area contributed by atoms with E-state index in [4.69, 9.17) is 14.2 Å². The van der Waals surface area contributed by atoms with Crippen LogP contribution in [-0.4, -0.2) is 39.5 Å². The normalized spacial score (nSPS) is 16.1. The third-order valence-corrected chi connectivity index (χ3v) is 4.37. The Labute approximate surface area is 153 Å². The van der Waals surface area contributed by atoms with E-state index in [1.54, 1.807) is 25.1 Å². The largest absolute Gasteiger partial charge is 0.493 e. The first-order chi connectivity index (χ1) is 12.4. The van der Waals surface area contributed by atoms with Gasteiger partial charge in [0.2, 0.25) is 12.1 Å². The van der Waals surface area contributed by atoms with E-state index < -0.39 is 12.2 Å². The molecule has 0 radical (unpaired) electrons. The van der Waals surface area contributed by atoms with Crippen LogP contribution in [0.4, 0.5) is 0 Å². The van der Waals surface area contributed by atoms with Gasteiger partial charge in [-0.25, -0.2) is 0 Å². The fraction of sp³-hybridized carbons (Fsp3) is 0.312. The molecule has 1 amide bonds. The van der Waals surface area contributed by atoms with Crippen molar-refractivity contribution in [2.75, 3.05) is 7.11 Å². The Balaban J connectivity index is 2.05. The Morgan fingerprint density at radius 1 is 1.31 bits per heavy atom. The molecule has 1 aromatic carbocycles. The molecule has 1 aliphatic rings. The van der Waals surface area contributed by atoms with Gasteiger partial charge in [-0.3, -0.25) is 9.59 Å². The van der Waals surface area contributed by atoms with E-state index in [1.165, 1.54) is 26.0 Å². The number of hydrogen-bond donors (Lipinski definition) is 0. The lowest BCUT2D eigenvalue weighted by Gasteiger charge is -2.22. The van der Waals surface area contributed by atoms with Crippen molar-refractivity contribution in [3.63, 3.8) is 0 Å². The number of hydrazone groups is 1. The molecule has 0 bridgehead atoms.